The standard InChI is InChI=1S/C20H21Cl2N5OS/c1-27(2)11-14(9-12-3-4-13(21)10-15(12)22)25-19(28)18-6-5-17(29-18)16-7-8-24-20(23)26-16/h3-8,10,14H,9,11H2,1-2H3,(H,25,28)(H2,23,24,26)/t14-/m0/s1. The maximum absolute atomic E-state index is 12.8. The van der Waals surface area contributed by atoms with Crippen molar-refractivity contribution in [2.75, 3.05) is 26.4 Å². The molecule has 29 heavy (non-hydrogen) atoms. The number of nitrogen functional groups attached to an aromatic ring is 1. The number of anilines is 1. The second kappa shape index (κ2) is 9.54. The number of carbonyl (C=O) groups excluding carboxylic acids is 1. The normalized spacial score (nSPS) is 12.2. The molecule has 9 heteroatoms. The van der Waals surface area contributed by atoms with Crippen molar-refractivity contribution < 1.29 is 4.79 Å². The summed E-state index contributed by atoms with van der Waals surface area (Å²) in [6, 6.07) is 10.7. The van der Waals surface area contributed by atoms with Crippen LogP contribution in [0, 0.1) is 0 Å². The fourth-order valence-corrected chi connectivity index (χ4v) is 4.28. The Bertz CT molecular complexity index is 1010. The minimum absolute atomic E-state index is 0.114. The topological polar surface area (TPSA) is 84.1 Å². The summed E-state index contributed by atoms with van der Waals surface area (Å²) in [7, 11) is 3.93. The van der Waals surface area contributed by atoms with Crippen molar-refractivity contribution >= 4 is 46.4 Å². The number of carbonyl (C=O) groups is 1. The van der Waals surface area contributed by atoms with Gasteiger partial charge in [0.2, 0.25) is 5.95 Å². The van der Waals surface area contributed by atoms with Gasteiger partial charge in [-0.1, -0.05) is 29.3 Å². The molecule has 6 nitrogen and oxygen atoms in total. The third-order valence-electron chi connectivity index (χ3n) is 4.16. The van der Waals surface area contributed by atoms with Crippen molar-refractivity contribution in [2.24, 2.45) is 0 Å². The molecule has 0 radical (unpaired) electrons. The van der Waals surface area contributed by atoms with E-state index in [1.54, 1.807) is 30.5 Å². The van der Waals surface area contributed by atoms with E-state index in [1.165, 1.54) is 11.3 Å². The highest BCUT2D eigenvalue weighted by atomic mass is 35.5. The summed E-state index contributed by atoms with van der Waals surface area (Å²) < 4.78 is 0. The quantitative estimate of drug-likeness (QED) is 0.569. The highest BCUT2D eigenvalue weighted by Crippen LogP contribution is 2.27. The number of thiophene rings is 1. The molecule has 0 spiro atoms. The number of rotatable bonds is 7. The Hall–Kier alpha value is -2.19. The summed E-state index contributed by atoms with van der Waals surface area (Å²) in [6.07, 6.45) is 2.20. The van der Waals surface area contributed by atoms with Crippen LogP contribution >= 0.6 is 34.5 Å². The van der Waals surface area contributed by atoms with Crippen molar-refractivity contribution in [3.05, 3.63) is 63.1 Å². The summed E-state index contributed by atoms with van der Waals surface area (Å²) in [6.45, 7) is 0.672. The van der Waals surface area contributed by atoms with E-state index >= 15 is 0 Å². The monoisotopic (exact) mass is 449 g/mol. The van der Waals surface area contributed by atoms with Gasteiger partial charge in [0.15, 0.2) is 0 Å². The first-order valence-corrected chi connectivity index (χ1v) is 10.5. The minimum Gasteiger partial charge on any atom is -0.368 e. The van der Waals surface area contributed by atoms with Gasteiger partial charge < -0.3 is 16.0 Å². The maximum atomic E-state index is 12.8. The third-order valence-corrected chi connectivity index (χ3v) is 5.85. The average Bonchev–Trinajstić information content (AvgIpc) is 3.14. The van der Waals surface area contributed by atoms with E-state index < -0.39 is 0 Å². The second-order valence-corrected chi connectivity index (χ2v) is 8.76. The van der Waals surface area contributed by atoms with Crippen LogP contribution in [0.15, 0.2) is 42.6 Å². The molecule has 0 saturated carbocycles. The number of amides is 1. The number of nitrogens with two attached hydrogens (primary N) is 1. The van der Waals surface area contributed by atoms with Gasteiger partial charge in [-0.15, -0.1) is 11.3 Å². The summed E-state index contributed by atoms with van der Waals surface area (Å²) in [5.74, 6) is 0.0630. The smallest absolute Gasteiger partial charge is 0.261 e. The summed E-state index contributed by atoms with van der Waals surface area (Å²) >= 11 is 13.7. The summed E-state index contributed by atoms with van der Waals surface area (Å²) in [5, 5.41) is 4.29. The molecule has 1 aromatic carbocycles. The maximum Gasteiger partial charge on any atom is 0.261 e. The molecule has 152 valence electrons. The van der Waals surface area contributed by atoms with E-state index in [9.17, 15) is 4.79 Å². The van der Waals surface area contributed by atoms with Gasteiger partial charge in [-0.2, -0.15) is 0 Å². The molecular weight excluding hydrogens is 429 g/mol. The molecule has 1 atom stereocenters. The van der Waals surface area contributed by atoms with Gasteiger partial charge in [-0.05, 0) is 56.4 Å². The van der Waals surface area contributed by atoms with E-state index in [-0.39, 0.29) is 17.9 Å². The zero-order chi connectivity index (χ0) is 21.0. The van der Waals surface area contributed by atoms with Crippen LogP contribution in [0.4, 0.5) is 5.95 Å². The molecule has 2 aromatic heterocycles. The minimum atomic E-state index is -0.139. The van der Waals surface area contributed by atoms with E-state index in [2.05, 4.69) is 15.3 Å². The Morgan fingerprint density at radius 2 is 2.03 bits per heavy atom. The number of halogens is 2. The van der Waals surface area contributed by atoms with Crippen LogP contribution in [0.25, 0.3) is 10.6 Å². The Morgan fingerprint density at radius 1 is 1.24 bits per heavy atom. The van der Waals surface area contributed by atoms with E-state index in [0.29, 0.717) is 33.6 Å². The molecule has 0 saturated heterocycles. The number of benzene rings is 1. The average molecular weight is 450 g/mol. The number of aromatic nitrogens is 2. The molecule has 3 aromatic rings. The van der Waals surface area contributed by atoms with Crippen molar-refractivity contribution in [1.29, 1.82) is 0 Å². The molecule has 3 N–H and O–H groups in total. The van der Waals surface area contributed by atoms with Crippen molar-refractivity contribution in [3.8, 4) is 10.6 Å². The van der Waals surface area contributed by atoms with Gasteiger partial charge in [0.05, 0.1) is 15.4 Å². The Kier molecular flexibility index (Phi) is 7.08. The third kappa shape index (κ3) is 5.90. The number of nitrogens with zero attached hydrogens (tertiary/aromatic N) is 3. The Morgan fingerprint density at radius 3 is 2.72 bits per heavy atom. The van der Waals surface area contributed by atoms with E-state index in [0.717, 1.165) is 10.4 Å². The van der Waals surface area contributed by atoms with Gasteiger partial charge in [-0.25, -0.2) is 9.97 Å². The van der Waals surface area contributed by atoms with Crippen LogP contribution in [-0.2, 0) is 6.42 Å². The van der Waals surface area contributed by atoms with Crippen LogP contribution < -0.4 is 11.1 Å². The van der Waals surface area contributed by atoms with Gasteiger partial charge in [0, 0.05) is 28.8 Å². The molecule has 0 aliphatic carbocycles. The molecule has 1 amide bonds. The fraction of sp³-hybridized carbons (Fsp3) is 0.250. The first-order chi connectivity index (χ1) is 13.8. The van der Waals surface area contributed by atoms with Gasteiger partial charge in [0.1, 0.15) is 0 Å². The molecule has 0 aliphatic rings. The van der Waals surface area contributed by atoms with Gasteiger partial charge in [-0.3, -0.25) is 4.79 Å². The van der Waals surface area contributed by atoms with Crippen molar-refractivity contribution in [2.45, 2.75) is 12.5 Å². The first kappa shape index (κ1) is 21.5. The predicted octanol–water partition coefficient (Wildman–Crippen LogP) is 4.00. The zero-order valence-electron chi connectivity index (χ0n) is 16.0. The molecule has 3 rings (SSSR count). The SMILES string of the molecule is CN(C)C[C@H](Cc1ccc(Cl)cc1Cl)NC(=O)c1ccc(-c2ccnc(N)n2)s1. The molecular formula is C20H21Cl2N5OS. The molecule has 0 fully saturated rings. The van der Waals surface area contributed by atoms with Crippen LogP contribution in [0.3, 0.4) is 0 Å². The molecule has 0 aliphatic heterocycles. The van der Waals surface area contributed by atoms with Gasteiger partial charge in [0.25, 0.3) is 5.91 Å². The molecule has 2 heterocycles. The first-order valence-electron chi connectivity index (χ1n) is 8.90. The van der Waals surface area contributed by atoms with Crippen LogP contribution in [0.2, 0.25) is 10.0 Å². The van der Waals surface area contributed by atoms with E-state index in [1.807, 2.05) is 31.1 Å². The lowest BCUT2D eigenvalue weighted by atomic mass is 10.1. The van der Waals surface area contributed by atoms with E-state index in [4.69, 9.17) is 28.9 Å². The highest BCUT2D eigenvalue weighted by Gasteiger charge is 2.18. The molecule has 0 bridgehead atoms. The lowest BCUT2D eigenvalue weighted by Gasteiger charge is -2.23. The zero-order valence-corrected chi connectivity index (χ0v) is 18.4. The summed E-state index contributed by atoms with van der Waals surface area (Å²) in [4.78, 5) is 24.4. The van der Waals surface area contributed by atoms with Crippen LogP contribution in [-0.4, -0.2) is 47.5 Å². The van der Waals surface area contributed by atoms with Crippen LogP contribution in [0.1, 0.15) is 15.2 Å². The fourth-order valence-electron chi connectivity index (χ4n) is 2.92. The summed E-state index contributed by atoms with van der Waals surface area (Å²) in [5.41, 5.74) is 7.28. The Labute approximate surface area is 183 Å². The van der Waals surface area contributed by atoms with Crippen molar-refractivity contribution in [1.82, 2.24) is 20.2 Å². The number of nitrogens with one attached hydrogen (secondary N) is 1. The Balaban J connectivity index is 1.74. The number of likely N-dealkylation sites (N-methyl/N-ethyl adjacent to an activating group) is 1. The lowest BCUT2D eigenvalue weighted by molar-refractivity contribution is 0.0934. The van der Waals surface area contributed by atoms with Gasteiger partial charge >= 0.3 is 0 Å². The predicted molar refractivity (Wildman–Crippen MR) is 120 cm³/mol. The molecule has 0 unspecified atom stereocenters. The lowest BCUT2D eigenvalue weighted by Crippen LogP contribution is -2.43. The van der Waals surface area contributed by atoms with Crippen LogP contribution in [0.5, 0.6) is 0 Å². The van der Waals surface area contributed by atoms with Crippen molar-refractivity contribution in [3.63, 3.8) is 0 Å². The number of hydrogen-bond donors (Lipinski definition) is 2. The largest absolute Gasteiger partial charge is 0.368 e. The second-order valence-electron chi connectivity index (χ2n) is 6.84. The number of hydrogen-bond acceptors (Lipinski definition) is 6. The highest BCUT2D eigenvalue weighted by molar-refractivity contribution is 7.17.